The fraction of sp³-hybridized carbons (Fsp3) is 0.350. The Morgan fingerprint density at radius 1 is 1.12 bits per heavy atom. The first-order chi connectivity index (χ1) is 11.9. The molecule has 2 N–H and O–H groups in total. The van der Waals surface area contributed by atoms with Gasteiger partial charge in [-0.05, 0) is 56.2 Å². The molecule has 0 aromatic heterocycles. The number of aliphatic hydroxyl groups excluding tert-OH is 1. The highest BCUT2D eigenvalue weighted by atomic mass is 19.1. The van der Waals surface area contributed by atoms with Crippen molar-refractivity contribution in [3.05, 3.63) is 65.0 Å². The van der Waals surface area contributed by atoms with Gasteiger partial charge in [-0.3, -0.25) is 0 Å². The third-order valence-electron chi connectivity index (χ3n) is 3.87. The van der Waals surface area contributed by atoms with Crippen LogP contribution in [0.1, 0.15) is 49.6 Å². The summed E-state index contributed by atoms with van der Waals surface area (Å²) in [6.07, 6.45) is -0.579. The SMILES string of the molecule is CC(C)Oc1ccc(C(O)CNC(C)c2ccc(C#N)c(F)c2)cc1. The van der Waals surface area contributed by atoms with Crippen LogP contribution in [0.4, 0.5) is 4.39 Å². The van der Waals surface area contributed by atoms with Gasteiger partial charge in [0.15, 0.2) is 0 Å². The zero-order valence-electron chi connectivity index (χ0n) is 14.7. The number of halogens is 1. The van der Waals surface area contributed by atoms with Crippen molar-refractivity contribution >= 4 is 0 Å². The van der Waals surface area contributed by atoms with Crippen molar-refractivity contribution in [1.29, 1.82) is 5.26 Å². The Labute approximate surface area is 147 Å². The van der Waals surface area contributed by atoms with Crippen LogP contribution >= 0.6 is 0 Å². The first-order valence-electron chi connectivity index (χ1n) is 8.28. The topological polar surface area (TPSA) is 65.3 Å². The number of benzene rings is 2. The summed E-state index contributed by atoms with van der Waals surface area (Å²) in [5.41, 5.74) is 1.53. The predicted octanol–water partition coefficient (Wildman–Crippen LogP) is 3.87. The average molecular weight is 342 g/mol. The van der Waals surface area contributed by atoms with Gasteiger partial charge in [-0.1, -0.05) is 18.2 Å². The number of aliphatic hydroxyl groups is 1. The molecule has 0 fully saturated rings. The fourth-order valence-electron chi connectivity index (χ4n) is 2.46. The largest absolute Gasteiger partial charge is 0.491 e. The van der Waals surface area contributed by atoms with E-state index >= 15 is 0 Å². The Hall–Kier alpha value is -2.42. The molecule has 2 aromatic rings. The molecule has 2 atom stereocenters. The van der Waals surface area contributed by atoms with E-state index in [1.54, 1.807) is 12.1 Å². The standard InChI is InChI=1S/C20H23FN2O2/c1-13(2)25-18-8-6-15(7-9-18)20(24)12-23-14(3)16-4-5-17(11-22)19(21)10-16/h4-10,13-14,20,23-24H,12H2,1-3H3. The van der Waals surface area contributed by atoms with Crippen LogP contribution in [-0.4, -0.2) is 17.8 Å². The van der Waals surface area contributed by atoms with E-state index in [1.165, 1.54) is 12.1 Å². The molecule has 0 saturated heterocycles. The molecule has 0 amide bonds. The second-order valence-corrected chi connectivity index (χ2v) is 6.23. The van der Waals surface area contributed by atoms with Crippen molar-refractivity contribution in [3.63, 3.8) is 0 Å². The van der Waals surface area contributed by atoms with Crippen LogP contribution in [0.25, 0.3) is 0 Å². The lowest BCUT2D eigenvalue weighted by atomic mass is 10.0. The minimum atomic E-state index is -0.682. The van der Waals surface area contributed by atoms with Gasteiger partial charge >= 0.3 is 0 Å². The van der Waals surface area contributed by atoms with E-state index in [9.17, 15) is 9.50 Å². The monoisotopic (exact) mass is 342 g/mol. The van der Waals surface area contributed by atoms with Crippen LogP contribution in [0.5, 0.6) is 5.75 Å². The van der Waals surface area contributed by atoms with Crippen LogP contribution in [-0.2, 0) is 0 Å². The molecule has 2 rings (SSSR count). The highest BCUT2D eigenvalue weighted by Gasteiger charge is 2.12. The molecule has 5 heteroatoms. The third kappa shape index (κ3) is 5.28. The van der Waals surface area contributed by atoms with Gasteiger partial charge in [0, 0.05) is 12.6 Å². The molecular weight excluding hydrogens is 319 g/mol. The second kappa shape index (κ2) is 8.61. The van der Waals surface area contributed by atoms with Crippen molar-refractivity contribution in [2.45, 2.75) is 39.0 Å². The number of nitriles is 1. The van der Waals surface area contributed by atoms with Crippen molar-refractivity contribution < 1.29 is 14.2 Å². The molecule has 0 aliphatic heterocycles. The van der Waals surface area contributed by atoms with Gasteiger partial charge in [0.1, 0.15) is 17.6 Å². The Balaban J connectivity index is 1.93. The highest BCUT2D eigenvalue weighted by molar-refractivity contribution is 5.34. The molecular formula is C20H23FN2O2. The molecule has 4 nitrogen and oxygen atoms in total. The second-order valence-electron chi connectivity index (χ2n) is 6.23. The van der Waals surface area contributed by atoms with Gasteiger partial charge in [0.25, 0.3) is 0 Å². The Morgan fingerprint density at radius 3 is 2.32 bits per heavy atom. The lowest BCUT2D eigenvalue weighted by molar-refractivity contribution is 0.170. The molecule has 0 heterocycles. The maximum absolute atomic E-state index is 13.7. The predicted molar refractivity (Wildman–Crippen MR) is 94.7 cm³/mol. The van der Waals surface area contributed by atoms with Gasteiger partial charge in [0.05, 0.1) is 17.8 Å². The van der Waals surface area contributed by atoms with E-state index in [4.69, 9.17) is 10.00 Å². The Morgan fingerprint density at radius 2 is 1.76 bits per heavy atom. The van der Waals surface area contributed by atoms with Crippen LogP contribution < -0.4 is 10.1 Å². The van der Waals surface area contributed by atoms with Gasteiger partial charge < -0.3 is 15.2 Å². The summed E-state index contributed by atoms with van der Waals surface area (Å²) >= 11 is 0. The Bertz CT molecular complexity index is 738. The van der Waals surface area contributed by atoms with E-state index < -0.39 is 11.9 Å². The highest BCUT2D eigenvalue weighted by Crippen LogP contribution is 2.20. The van der Waals surface area contributed by atoms with Gasteiger partial charge in [-0.2, -0.15) is 5.26 Å². The quantitative estimate of drug-likeness (QED) is 0.802. The number of rotatable bonds is 7. The zero-order valence-corrected chi connectivity index (χ0v) is 14.7. The number of nitrogens with zero attached hydrogens (tertiary/aromatic N) is 1. The summed E-state index contributed by atoms with van der Waals surface area (Å²) in [6, 6.07) is 13.5. The fourth-order valence-corrected chi connectivity index (χ4v) is 2.46. The molecule has 0 aliphatic rings. The Kier molecular flexibility index (Phi) is 6.51. The normalized spacial score (nSPS) is 13.3. The minimum Gasteiger partial charge on any atom is -0.491 e. The van der Waals surface area contributed by atoms with Crippen molar-refractivity contribution in [2.24, 2.45) is 0 Å². The van der Waals surface area contributed by atoms with Crippen LogP contribution in [0.3, 0.4) is 0 Å². The first-order valence-corrected chi connectivity index (χ1v) is 8.28. The van der Waals surface area contributed by atoms with E-state index in [1.807, 2.05) is 45.0 Å². The van der Waals surface area contributed by atoms with E-state index in [2.05, 4.69) is 5.32 Å². The summed E-state index contributed by atoms with van der Waals surface area (Å²) in [7, 11) is 0. The summed E-state index contributed by atoms with van der Waals surface area (Å²) in [5.74, 6) is 0.232. The third-order valence-corrected chi connectivity index (χ3v) is 3.87. The smallest absolute Gasteiger partial charge is 0.141 e. The van der Waals surface area contributed by atoms with Crippen LogP contribution in [0.15, 0.2) is 42.5 Å². The molecule has 0 aliphatic carbocycles. The molecule has 2 aromatic carbocycles. The average Bonchev–Trinajstić information content (AvgIpc) is 2.59. The van der Waals surface area contributed by atoms with E-state index in [0.717, 1.165) is 16.9 Å². The molecule has 132 valence electrons. The summed E-state index contributed by atoms with van der Waals surface area (Å²) in [4.78, 5) is 0. The van der Waals surface area contributed by atoms with Crippen molar-refractivity contribution in [1.82, 2.24) is 5.32 Å². The summed E-state index contributed by atoms with van der Waals surface area (Å²) in [5, 5.41) is 22.3. The van der Waals surface area contributed by atoms with E-state index in [-0.39, 0.29) is 17.7 Å². The summed E-state index contributed by atoms with van der Waals surface area (Å²) in [6.45, 7) is 6.13. The number of nitrogens with one attached hydrogen (secondary N) is 1. The molecule has 25 heavy (non-hydrogen) atoms. The van der Waals surface area contributed by atoms with E-state index in [0.29, 0.717) is 6.54 Å². The molecule has 0 radical (unpaired) electrons. The lowest BCUT2D eigenvalue weighted by Gasteiger charge is -2.18. The summed E-state index contributed by atoms with van der Waals surface area (Å²) < 4.78 is 19.3. The van der Waals surface area contributed by atoms with Gasteiger partial charge in [0.2, 0.25) is 0 Å². The van der Waals surface area contributed by atoms with Gasteiger partial charge in [-0.15, -0.1) is 0 Å². The molecule has 0 spiro atoms. The molecule has 2 unspecified atom stereocenters. The zero-order chi connectivity index (χ0) is 18.4. The van der Waals surface area contributed by atoms with Crippen molar-refractivity contribution in [3.8, 4) is 11.8 Å². The maximum Gasteiger partial charge on any atom is 0.141 e. The van der Waals surface area contributed by atoms with Crippen LogP contribution in [0.2, 0.25) is 0 Å². The maximum atomic E-state index is 13.7. The van der Waals surface area contributed by atoms with Crippen molar-refractivity contribution in [2.75, 3.05) is 6.54 Å². The lowest BCUT2D eigenvalue weighted by Crippen LogP contribution is -2.24. The van der Waals surface area contributed by atoms with Gasteiger partial charge in [-0.25, -0.2) is 4.39 Å². The molecule has 0 saturated carbocycles. The first kappa shape index (κ1) is 18.9. The number of hydrogen-bond donors (Lipinski definition) is 2. The minimum absolute atomic E-state index is 0.0275. The number of ether oxygens (including phenoxy) is 1. The molecule has 0 bridgehead atoms. The van der Waals surface area contributed by atoms with Crippen LogP contribution in [0, 0.1) is 17.1 Å². The number of hydrogen-bond acceptors (Lipinski definition) is 4.